The molecule has 0 radical (unpaired) electrons. The average molecular weight is 193 g/mol. The standard InChI is InChI=1S/C8H7N3O3/c1-14-6-2-4-5(3-9-6)11-8(13)7(12)10-4/h2-3H,1H3,(H,10,12)(H,11,13). The first kappa shape index (κ1) is 8.49. The summed E-state index contributed by atoms with van der Waals surface area (Å²) in [7, 11) is 1.47. The van der Waals surface area contributed by atoms with E-state index < -0.39 is 11.1 Å². The molecule has 0 saturated heterocycles. The van der Waals surface area contributed by atoms with E-state index in [0.29, 0.717) is 16.9 Å². The first-order chi connectivity index (χ1) is 6.70. The molecule has 0 amide bonds. The number of aromatic amines is 2. The van der Waals surface area contributed by atoms with Gasteiger partial charge in [0.1, 0.15) is 0 Å². The molecule has 2 heterocycles. The summed E-state index contributed by atoms with van der Waals surface area (Å²) in [4.78, 5) is 30.6. The number of fused-ring (bicyclic) bond motifs is 1. The Labute approximate surface area is 77.6 Å². The normalized spacial score (nSPS) is 10.4. The summed E-state index contributed by atoms with van der Waals surface area (Å²) in [6.07, 6.45) is 1.42. The maximum atomic E-state index is 11.0. The number of hydrogen-bond donors (Lipinski definition) is 2. The van der Waals surface area contributed by atoms with Crippen molar-refractivity contribution in [2.75, 3.05) is 7.11 Å². The van der Waals surface area contributed by atoms with Crippen LogP contribution in [0.2, 0.25) is 0 Å². The van der Waals surface area contributed by atoms with Crippen LogP contribution in [0.25, 0.3) is 11.0 Å². The molecule has 0 aliphatic heterocycles. The van der Waals surface area contributed by atoms with Gasteiger partial charge in [0.05, 0.1) is 24.3 Å². The van der Waals surface area contributed by atoms with Crippen molar-refractivity contribution in [3.05, 3.63) is 33.0 Å². The smallest absolute Gasteiger partial charge is 0.314 e. The minimum absolute atomic E-state index is 0.375. The number of H-pyrrole nitrogens is 2. The molecule has 2 rings (SSSR count). The first-order valence-electron chi connectivity index (χ1n) is 3.87. The second-order valence-electron chi connectivity index (χ2n) is 2.68. The van der Waals surface area contributed by atoms with Gasteiger partial charge in [0.2, 0.25) is 5.88 Å². The number of ether oxygens (including phenoxy) is 1. The van der Waals surface area contributed by atoms with Crippen molar-refractivity contribution >= 4 is 11.0 Å². The molecule has 0 bridgehead atoms. The van der Waals surface area contributed by atoms with E-state index in [2.05, 4.69) is 15.0 Å². The van der Waals surface area contributed by atoms with Crippen molar-refractivity contribution in [3.63, 3.8) is 0 Å². The monoisotopic (exact) mass is 193 g/mol. The van der Waals surface area contributed by atoms with Gasteiger partial charge in [-0.15, -0.1) is 0 Å². The molecule has 0 spiro atoms. The lowest BCUT2D eigenvalue weighted by atomic mass is 10.4. The highest BCUT2D eigenvalue weighted by atomic mass is 16.5. The number of hydrogen-bond acceptors (Lipinski definition) is 4. The maximum absolute atomic E-state index is 11.0. The summed E-state index contributed by atoms with van der Waals surface area (Å²) >= 11 is 0. The molecule has 0 aliphatic carbocycles. The van der Waals surface area contributed by atoms with Crippen LogP contribution < -0.4 is 15.9 Å². The predicted molar refractivity (Wildman–Crippen MR) is 49.5 cm³/mol. The summed E-state index contributed by atoms with van der Waals surface area (Å²) in [6.45, 7) is 0. The topological polar surface area (TPSA) is 87.8 Å². The highest BCUT2D eigenvalue weighted by molar-refractivity contribution is 5.73. The fourth-order valence-corrected chi connectivity index (χ4v) is 1.11. The maximum Gasteiger partial charge on any atom is 0.314 e. The molecule has 0 fully saturated rings. The zero-order chi connectivity index (χ0) is 10.1. The van der Waals surface area contributed by atoms with Crippen LogP contribution in [0, 0.1) is 0 Å². The van der Waals surface area contributed by atoms with E-state index in [4.69, 9.17) is 4.74 Å². The zero-order valence-electron chi connectivity index (χ0n) is 7.33. The number of nitrogens with zero attached hydrogens (tertiary/aromatic N) is 1. The van der Waals surface area contributed by atoms with Gasteiger partial charge < -0.3 is 14.7 Å². The van der Waals surface area contributed by atoms with E-state index in [9.17, 15) is 9.59 Å². The lowest BCUT2D eigenvalue weighted by molar-refractivity contribution is 0.398. The van der Waals surface area contributed by atoms with Crippen LogP contribution in [0.4, 0.5) is 0 Å². The largest absolute Gasteiger partial charge is 0.481 e. The van der Waals surface area contributed by atoms with Crippen LogP contribution in [-0.2, 0) is 0 Å². The highest BCUT2D eigenvalue weighted by Gasteiger charge is 2.01. The molecule has 0 aromatic carbocycles. The Morgan fingerprint density at radius 1 is 1.21 bits per heavy atom. The van der Waals surface area contributed by atoms with Gasteiger partial charge in [-0.3, -0.25) is 9.59 Å². The Kier molecular flexibility index (Phi) is 1.81. The van der Waals surface area contributed by atoms with Crippen LogP contribution in [-0.4, -0.2) is 22.1 Å². The van der Waals surface area contributed by atoms with Gasteiger partial charge in [-0.1, -0.05) is 0 Å². The van der Waals surface area contributed by atoms with E-state index in [1.807, 2.05) is 0 Å². The zero-order valence-corrected chi connectivity index (χ0v) is 7.33. The fraction of sp³-hybridized carbons (Fsp3) is 0.125. The summed E-state index contributed by atoms with van der Waals surface area (Å²) in [5, 5.41) is 0. The van der Waals surface area contributed by atoms with Gasteiger partial charge >= 0.3 is 11.1 Å². The van der Waals surface area contributed by atoms with Gasteiger partial charge in [-0.25, -0.2) is 4.98 Å². The van der Waals surface area contributed by atoms with Crippen molar-refractivity contribution in [2.45, 2.75) is 0 Å². The second-order valence-corrected chi connectivity index (χ2v) is 2.68. The van der Waals surface area contributed by atoms with Crippen molar-refractivity contribution in [2.24, 2.45) is 0 Å². The number of nitrogens with one attached hydrogen (secondary N) is 2. The predicted octanol–water partition coefficient (Wildman–Crippen LogP) is -0.380. The lowest BCUT2D eigenvalue weighted by Gasteiger charge is -1.99. The Morgan fingerprint density at radius 2 is 1.86 bits per heavy atom. The van der Waals surface area contributed by atoms with Gasteiger partial charge in [0.25, 0.3) is 0 Å². The van der Waals surface area contributed by atoms with Crippen molar-refractivity contribution < 1.29 is 4.74 Å². The Morgan fingerprint density at radius 3 is 2.50 bits per heavy atom. The number of aromatic nitrogens is 3. The molecular formula is C8H7N3O3. The molecule has 0 saturated carbocycles. The van der Waals surface area contributed by atoms with Crippen LogP contribution >= 0.6 is 0 Å². The second kappa shape index (κ2) is 2.99. The van der Waals surface area contributed by atoms with E-state index in [0.717, 1.165) is 0 Å². The molecule has 6 heteroatoms. The third-order valence-electron chi connectivity index (χ3n) is 1.79. The highest BCUT2D eigenvalue weighted by Crippen LogP contribution is 2.10. The van der Waals surface area contributed by atoms with E-state index in [-0.39, 0.29) is 0 Å². The summed E-state index contributed by atoms with van der Waals surface area (Å²) < 4.78 is 4.87. The van der Waals surface area contributed by atoms with E-state index in [1.165, 1.54) is 19.4 Å². The lowest BCUT2D eigenvalue weighted by Crippen LogP contribution is -2.28. The van der Waals surface area contributed by atoms with Crippen LogP contribution in [0.15, 0.2) is 21.9 Å². The molecule has 72 valence electrons. The minimum Gasteiger partial charge on any atom is -0.481 e. The summed E-state index contributed by atoms with van der Waals surface area (Å²) in [5.74, 6) is 0.375. The van der Waals surface area contributed by atoms with Crippen molar-refractivity contribution in [1.29, 1.82) is 0 Å². The molecule has 0 unspecified atom stereocenters. The third kappa shape index (κ3) is 1.26. The van der Waals surface area contributed by atoms with Crippen LogP contribution in [0.5, 0.6) is 5.88 Å². The van der Waals surface area contributed by atoms with Gasteiger partial charge in [-0.05, 0) is 0 Å². The summed E-state index contributed by atoms with van der Waals surface area (Å²) in [6, 6.07) is 1.53. The molecule has 0 atom stereocenters. The molecule has 2 aromatic rings. The molecule has 2 aromatic heterocycles. The number of rotatable bonds is 1. The van der Waals surface area contributed by atoms with Crippen molar-refractivity contribution in [1.82, 2.24) is 15.0 Å². The SMILES string of the molecule is COc1cc2[nH]c(=O)c(=O)[nH]c2cn1. The molecular weight excluding hydrogens is 186 g/mol. The van der Waals surface area contributed by atoms with Gasteiger partial charge in [0.15, 0.2) is 0 Å². The third-order valence-corrected chi connectivity index (χ3v) is 1.79. The number of pyridine rings is 1. The Balaban J connectivity index is 2.83. The van der Waals surface area contributed by atoms with Crippen LogP contribution in [0.3, 0.4) is 0 Å². The molecule has 2 N–H and O–H groups in total. The average Bonchev–Trinajstić information content (AvgIpc) is 2.19. The van der Waals surface area contributed by atoms with Gasteiger partial charge in [-0.2, -0.15) is 0 Å². The van der Waals surface area contributed by atoms with Crippen molar-refractivity contribution in [3.8, 4) is 5.88 Å². The Hall–Kier alpha value is -2.11. The molecule has 14 heavy (non-hydrogen) atoms. The first-order valence-corrected chi connectivity index (χ1v) is 3.87. The molecule has 6 nitrogen and oxygen atoms in total. The quantitative estimate of drug-likeness (QED) is 0.604. The van der Waals surface area contributed by atoms with E-state index in [1.54, 1.807) is 0 Å². The Bertz CT molecular complexity index is 584. The van der Waals surface area contributed by atoms with E-state index >= 15 is 0 Å². The minimum atomic E-state index is -0.690. The van der Waals surface area contributed by atoms with Crippen LogP contribution in [0.1, 0.15) is 0 Å². The fourth-order valence-electron chi connectivity index (χ4n) is 1.11. The van der Waals surface area contributed by atoms with Gasteiger partial charge in [0, 0.05) is 6.07 Å². The number of methoxy groups -OCH3 is 1. The summed E-state index contributed by atoms with van der Waals surface area (Å²) in [5.41, 5.74) is -0.424. The molecule has 0 aliphatic rings.